The van der Waals surface area contributed by atoms with Crippen LogP contribution >= 0.6 is 0 Å². The van der Waals surface area contributed by atoms with E-state index in [1.807, 2.05) is 42.2 Å². The van der Waals surface area contributed by atoms with Crippen LogP contribution in [-0.2, 0) is 6.54 Å². The van der Waals surface area contributed by atoms with Gasteiger partial charge in [0.25, 0.3) is 5.91 Å². The van der Waals surface area contributed by atoms with Crippen LogP contribution in [0, 0.1) is 5.82 Å². The molecular formula is C21H21FN2O2. The number of amides is 1. The Bertz CT molecular complexity index is 946. The van der Waals surface area contributed by atoms with Gasteiger partial charge in [-0.3, -0.25) is 4.79 Å². The Morgan fingerprint density at radius 2 is 2.08 bits per heavy atom. The predicted molar refractivity (Wildman–Crippen MR) is 98.8 cm³/mol. The van der Waals surface area contributed by atoms with E-state index in [9.17, 15) is 9.18 Å². The maximum atomic E-state index is 13.5. The highest BCUT2D eigenvalue weighted by Crippen LogP contribution is 2.31. The summed E-state index contributed by atoms with van der Waals surface area (Å²) in [5.74, 6) is 0.449. The number of aromatic nitrogens is 1. The van der Waals surface area contributed by atoms with Crippen LogP contribution < -0.4 is 4.74 Å². The molecule has 1 aromatic heterocycles. The van der Waals surface area contributed by atoms with E-state index in [1.54, 1.807) is 6.07 Å². The van der Waals surface area contributed by atoms with Crippen molar-refractivity contribution >= 4 is 16.8 Å². The third-order valence-corrected chi connectivity index (χ3v) is 4.63. The molecule has 3 aromatic rings. The van der Waals surface area contributed by atoms with Crippen LogP contribution in [0.15, 0.2) is 48.5 Å². The first-order valence-corrected chi connectivity index (χ1v) is 8.95. The molecule has 0 aliphatic heterocycles. The molecule has 0 unspecified atom stereocenters. The fourth-order valence-electron chi connectivity index (χ4n) is 3.22. The zero-order valence-electron chi connectivity index (χ0n) is 14.7. The van der Waals surface area contributed by atoms with E-state index in [1.165, 1.54) is 12.1 Å². The van der Waals surface area contributed by atoms with Crippen molar-refractivity contribution < 1.29 is 13.9 Å². The molecule has 5 heteroatoms. The summed E-state index contributed by atoms with van der Waals surface area (Å²) in [6.45, 7) is 2.95. The van der Waals surface area contributed by atoms with Crippen molar-refractivity contribution in [3.8, 4) is 5.75 Å². The molecule has 1 N–H and O–H groups in total. The van der Waals surface area contributed by atoms with E-state index < -0.39 is 0 Å². The van der Waals surface area contributed by atoms with Crippen molar-refractivity contribution in [2.24, 2.45) is 0 Å². The monoisotopic (exact) mass is 352 g/mol. The number of carbonyl (C=O) groups excluding carboxylic acids is 1. The van der Waals surface area contributed by atoms with Crippen LogP contribution in [0.2, 0.25) is 0 Å². The molecule has 0 bridgehead atoms. The van der Waals surface area contributed by atoms with Crippen molar-refractivity contribution in [1.29, 1.82) is 0 Å². The minimum Gasteiger partial charge on any atom is -0.494 e. The van der Waals surface area contributed by atoms with Gasteiger partial charge in [-0.15, -0.1) is 0 Å². The third-order valence-electron chi connectivity index (χ3n) is 4.63. The largest absolute Gasteiger partial charge is 0.494 e. The van der Waals surface area contributed by atoms with Crippen LogP contribution in [0.5, 0.6) is 5.75 Å². The highest BCUT2D eigenvalue weighted by molar-refractivity contribution is 5.98. The SMILES string of the molecule is CCOc1ccc2cc(C(=O)N(Cc3cccc(F)c3)C3CC3)[nH]c2c1. The molecule has 1 saturated carbocycles. The Labute approximate surface area is 151 Å². The second kappa shape index (κ2) is 6.83. The highest BCUT2D eigenvalue weighted by atomic mass is 19.1. The van der Waals surface area contributed by atoms with Crippen LogP contribution in [0.3, 0.4) is 0 Å². The summed E-state index contributed by atoms with van der Waals surface area (Å²) in [4.78, 5) is 18.1. The van der Waals surface area contributed by atoms with E-state index in [0.717, 1.165) is 35.1 Å². The lowest BCUT2D eigenvalue weighted by Gasteiger charge is -2.22. The Morgan fingerprint density at radius 1 is 1.23 bits per heavy atom. The van der Waals surface area contributed by atoms with E-state index >= 15 is 0 Å². The summed E-state index contributed by atoms with van der Waals surface area (Å²) in [5.41, 5.74) is 2.23. The molecule has 1 aliphatic rings. The lowest BCUT2D eigenvalue weighted by Crippen LogP contribution is -2.32. The van der Waals surface area contributed by atoms with Crippen molar-refractivity contribution in [2.75, 3.05) is 6.61 Å². The van der Waals surface area contributed by atoms with Gasteiger partial charge in [0.15, 0.2) is 0 Å². The Hall–Kier alpha value is -2.82. The number of hydrogen-bond acceptors (Lipinski definition) is 2. The molecule has 4 rings (SSSR count). The lowest BCUT2D eigenvalue weighted by molar-refractivity contribution is 0.0724. The quantitative estimate of drug-likeness (QED) is 0.709. The van der Waals surface area contributed by atoms with Crippen LogP contribution in [0.25, 0.3) is 10.9 Å². The standard InChI is InChI=1S/C21H21FN2O2/c1-2-26-18-9-6-15-11-20(23-19(15)12-18)21(25)24(17-7-8-17)13-14-4-3-5-16(22)10-14/h3-6,9-12,17,23H,2,7-8,13H2,1H3. The molecule has 2 aromatic carbocycles. The molecule has 1 amide bonds. The van der Waals surface area contributed by atoms with Crippen LogP contribution in [0.4, 0.5) is 4.39 Å². The summed E-state index contributed by atoms with van der Waals surface area (Å²) in [5, 5.41) is 0.971. The molecule has 1 aliphatic carbocycles. The number of halogens is 1. The summed E-state index contributed by atoms with van der Waals surface area (Å²) >= 11 is 0. The number of aromatic amines is 1. The molecule has 1 heterocycles. The summed E-state index contributed by atoms with van der Waals surface area (Å²) in [6.07, 6.45) is 1.99. The number of hydrogen-bond donors (Lipinski definition) is 1. The van der Waals surface area contributed by atoms with E-state index in [4.69, 9.17) is 4.74 Å². The first kappa shape index (κ1) is 16.6. The number of benzene rings is 2. The molecule has 26 heavy (non-hydrogen) atoms. The lowest BCUT2D eigenvalue weighted by atomic mass is 10.2. The van der Waals surface area contributed by atoms with Crippen molar-refractivity contribution in [3.63, 3.8) is 0 Å². The first-order chi connectivity index (χ1) is 12.6. The average molecular weight is 352 g/mol. The Kier molecular flexibility index (Phi) is 4.37. The van der Waals surface area contributed by atoms with Gasteiger partial charge in [-0.2, -0.15) is 0 Å². The number of H-pyrrole nitrogens is 1. The normalized spacial score (nSPS) is 13.8. The van der Waals surface area contributed by atoms with Gasteiger partial charge in [0.1, 0.15) is 17.3 Å². The number of carbonyl (C=O) groups is 1. The summed E-state index contributed by atoms with van der Waals surface area (Å²) in [7, 11) is 0. The van der Waals surface area contributed by atoms with Gasteiger partial charge < -0.3 is 14.6 Å². The van der Waals surface area contributed by atoms with Crippen molar-refractivity contribution in [3.05, 3.63) is 65.6 Å². The molecule has 134 valence electrons. The Morgan fingerprint density at radius 3 is 2.81 bits per heavy atom. The first-order valence-electron chi connectivity index (χ1n) is 8.95. The molecule has 1 fully saturated rings. The van der Waals surface area contributed by atoms with Gasteiger partial charge >= 0.3 is 0 Å². The minimum atomic E-state index is -0.278. The zero-order chi connectivity index (χ0) is 18.1. The zero-order valence-corrected chi connectivity index (χ0v) is 14.7. The Balaban J connectivity index is 1.60. The summed E-state index contributed by atoms with van der Waals surface area (Å²) < 4.78 is 19.0. The fraction of sp³-hybridized carbons (Fsp3) is 0.286. The maximum absolute atomic E-state index is 13.5. The van der Waals surface area contributed by atoms with Crippen LogP contribution in [-0.4, -0.2) is 28.4 Å². The highest BCUT2D eigenvalue weighted by Gasteiger charge is 2.33. The molecule has 0 atom stereocenters. The van der Waals surface area contributed by atoms with E-state index in [0.29, 0.717) is 18.8 Å². The summed E-state index contributed by atoms with van der Waals surface area (Å²) in [6, 6.07) is 14.3. The third kappa shape index (κ3) is 3.43. The number of fused-ring (bicyclic) bond motifs is 1. The molecule has 0 spiro atoms. The minimum absolute atomic E-state index is 0.0501. The van der Waals surface area contributed by atoms with Crippen molar-refractivity contribution in [2.45, 2.75) is 32.4 Å². The van der Waals surface area contributed by atoms with Gasteiger partial charge in [0, 0.05) is 29.6 Å². The maximum Gasteiger partial charge on any atom is 0.270 e. The van der Waals surface area contributed by atoms with Gasteiger partial charge in [-0.05, 0) is 55.7 Å². The molecular weight excluding hydrogens is 331 g/mol. The van der Waals surface area contributed by atoms with Gasteiger partial charge in [-0.1, -0.05) is 12.1 Å². The van der Waals surface area contributed by atoms with Gasteiger partial charge in [0.05, 0.1) is 6.61 Å². The number of nitrogens with zero attached hydrogens (tertiary/aromatic N) is 1. The van der Waals surface area contributed by atoms with Gasteiger partial charge in [-0.25, -0.2) is 4.39 Å². The van der Waals surface area contributed by atoms with Crippen LogP contribution in [0.1, 0.15) is 35.8 Å². The predicted octanol–water partition coefficient (Wildman–Crippen LogP) is 4.51. The number of ether oxygens (including phenoxy) is 1. The number of rotatable bonds is 6. The topological polar surface area (TPSA) is 45.3 Å². The van der Waals surface area contributed by atoms with Gasteiger partial charge in [0.2, 0.25) is 0 Å². The second-order valence-corrected chi connectivity index (χ2v) is 6.66. The van der Waals surface area contributed by atoms with Crippen molar-refractivity contribution in [1.82, 2.24) is 9.88 Å². The fourth-order valence-corrected chi connectivity index (χ4v) is 3.22. The molecule has 4 nitrogen and oxygen atoms in total. The van der Waals surface area contributed by atoms with E-state index in [-0.39, 0.29) is 17.8 Å². The average Bonchev–Trinajstić information content (AvgIpc) is 3.38. The van der Waals surface area contributed by atoms with E-state index in [2.05, 4.69) is 4.98 Å². The number of nitrogens with one attached hydrogen (secondary N) is 1. The molecule has 0 saturated heterocycles. The molecule has 0 radical (unpaired) electrons. The smallest absolute Gasteiger partial charge is 0.270 e. The second-order valence-electron chi connectivity index (χ2n) is 6.66.